The Bertz CT molecular complexity index is 1290. The Morgan fingerprint density at radius 3 is 2.25 bits per heavy atom. The van der Waals surface area contributed by atoms with Crippen LogP contribution >= 0.6 is 11.3 Å². The molecular formula is C26H22N4OS. The molecule has 4 aromatic rings. The fraction of sp³-hybridized carbons (Fsp3) is 0.0769. The molecule has 1 aromatic heterocycles. The second kappa shape index (κ2) is 8.32. The minimum absolute atomic E-state index is 0.210. The van der Waals surface area contributed by atoms with Crippen LogP contribution in [0.25, 0.3) is 28.0 Å². The summed E-state index contributed by atoms with van der Waals surface area (Å²) in [6, 6.07) is 25.8. The minimum atomic E-state index is -0.279. The van der Waals surface area contributed by atoms with Crippen molar-refractivity contribution in [2.45, 2.75) is 13.0 Å². The lowest BCUT2D eigenvalue weighted by Crippen LogP contribution is -2.42. The van der Waals surface area contributed by atoms with Crippen LogP contribution in [0.15, 0.2) is 89.9 Å². The highest BCUT2D eigenvalue weighted by atomic mass is 32.1. The van der Waals surface area contributed by atoms with Crippen molar-refractivity contribution in [3.8, 4) is 22.4 Å². The molecule has 0 radical (unpaired) electrons. The number of thiazole rings is 1. The molecule has 0 fully saturated rings. The van der Waals surface area contributed by atoms with E-state index in [4.69, 9.17) is 10.7 Å². The van der Waals surface area contributed by atoms with Crippen molar-refractivity contribution in [1.82, 2.24) is 15.6 Å². The third kappa shape index (κ3) is 3.88. The summed E-state index contributed by atoms with van der Waals surface area (Å²) < 4.78 is 0. The first-order valence-corrected chi connectivity index (χ1v) is 11.2. The summed E-state index contributed by atoms with van der Waals surface area (Å²) in [5, 5.41) is 8.88. The van der Waals surface area contributed by atoms with Gasteiger partial charge in [-0.25, -0.2) is 9.78 Å². The van der Waals surface area contributed by atoms with Crippen LogP contribution in [0.3, 0.4) is 0 Å². The standard InChI is InChI=1S/C26H22N4OS/c1-16-23(25-29-22(15-32-25)19-11-13-21(27)14-12-19)24(30-26(31)28-16)20-9-7-18(8-10-20)17-5-3-2-4-6-17/h2-15,24H,27H2,1H3,(H2,28,30,31). The van der Waals surface area contributed by atoms with Crippen molar-refractivity contribution in [1.29, 1.82) is 0 Å². The largest absolute Gasteiger partial charge is 0.399 e. The first-order chi connectivity index (χ1) is 15.6. The van der Waals surface area contributed by atoms with Crippen LogP contribution in [-0.4, -0.2) is 11.0 Å². The summed E-state index contributed by atoms with van der Waals surface area (Å²) in [6.45, 7) is 1.92. The predicted octanol–water partition coefficient (Wildman–Crippen LogP) is 5.84. The number of carbonyl (C=O) groups excluding carboxylic acids is 1. The SMILES string of the molecule is CC1=C(c2nc(-c3ccc(N)cc3)cs2)C(c2ccc(-c3ccccc3)cc2)NC(=O)N1. The summed E-state index contributed by atoms with van der Waals surface area (Å²) in [7, 11) is 0. The van der Waals surface area contributed by atoms with Gasteiger partial charge in [-0.2, -0.15) is 0 Å². The second-order valence-electron chi connectivity index (χ2n) is 7.72. The van der Waals surface area contributed by atoms with Gasteiger partial charge in [-0.3, -0.25) is 0 Å². The summed E-state index contributed by atoms with van der Waals surface area (Å²) in [5.74, 6) is 0. The number of anilines is 1. The van der Waals surface area contributed by atoms with Gasteiger partial charge in [-0.05, 0) is 35.7 Å². The Morgan fingerprint density at radius 2 is 1.53 bits per heavy atom. The maximum Gasteiger partial charge on any atom is 0.319 e. The van der Waals surface area contributed by atoms with E-state index in [0.717, 1.165) is 49.9 Å². The Hall–Kier alpha value is -3.90. The van der Waals surface area contributed by atoms with Gasteiger partial charge in [0.25, 0.3) is 0 Å². The van der Waals surface area contributed by atoms with Crippen LogP contribution in [-0.2, 0) is 0 Å². The molecule has 6 heteroatoms. The van der Waals surface area contributed by atoms with E-state index in [2.05, 4.69) is 47.0 Å². The lowest BCUT2D eigenvalue weighted by Gasteiger charge is -2.28. The summed E-state index contributed by atoms with van der Waals surface area (Å²) in [5.41, 5.74) is 13.5. The zero-order valence-electron chi connectivity index (χ0n) is 17.5. The molecule has 4 N–H and O–H groups in total. The molecule has 2 amide bonds. The fourth-order valence-electron chi connectivity index (χ4n) is 3.91. The van der Waals surface area contributed by atoms with Gasteiger partial charge in [0.15, 0.2) is 0 Å². The number of rotatable bonds is 4. The number of benzene rings is 3. The molecule has 0 saturated carbocycles. The molecule has 0 spiro atoms. The van der Waals surface area contributed by atoms with Gasteiger partial charge < -0.3 is 16.4 Å². The number of nitrogens with one attached hydrogen (secondary N) is 2. The molecule has 0 saturated heterocycles. The maximum atomic E-state index is 12.3. The predicted molar refractivity (Wildman–Crippen MR) is 131 cm³/mol. The molecule has 158 valence electrons. The van der Waals surface area contributed by atoms with Gasteiger partial charge in [0.05, 0.1) is 11.7 Å². The highest BCUT2D eigenvalue weighted by Crippen LogP contribution is 2.38. The molecule has 1 unspecified atom stereocenters. The van der Waals surface area contributed by atoms with E-state index in [0.29, 0.717) is 0 Å². The van der Waals surface area contributed by atoms with E-state index in [1.165, 1.54) is 0 Å². The average Bonchev–Trinajstić information content (AvgIpc) is 3.29. The Balaban J connectivity index is 1.50. The lowest BCUT2D eigenvalue weighted by atomic mass is 9.94. The van der Waals surface area contributed by atoms with Crippen molar-refractivity contribution in [2.24, 2.45) is 0 Å². The van der Waals surface area contributed by atoms with Gasteiger partial charge in [0.2, 0.25) is 0 Å². The molecule has 1 aliphatic heterocycles. The topological polar surface area (TPSA) is 80.0 Å². The van der Waals surface area contributed by atoms with Crippen molar-refractivity contribution >= 4 is 28.6 Å². The molecule has 0 aliphatic carbocycles. The van der Waals surface area contributed by atoms with E-state index < -0.39 is 0 Å². The Kier molecular flexibility index (Phi) is 5.21. The molecule has 5 rings (SSSR count). The van der Waals surface area contributed by atoms with Crippen molar-refractivity contribution in [3.05, 3.63) is 101 Å². The number of allylic oxidation sites excluding steroid dienone is 1. The quantitative estimate of drug-likeness (QED) is 0.350. The van der Waals surface area contributed by atoms with Gasteiger partial charge in [0.1, 0.15) is 5.01 Å². The molecule has 2 heterocycles. The normalized spacial score (nSPS) is 15.9. The molecule has 1 atom stereocenters. The van der Waals surface area contributed by atoms with Gasteiger partial charge in [-0.15, -0.1) is 11.3 Å². The number of hydrogen-bond acceptors (Lipinski definition) is 4. The zero-order valence-corrected chi connectivity index (χ0v) is 18.3. The molecule has 3 aromatic carbocycles. The summed E-state index contributed by atoms with van der Waals surface area (Å²) in [6.07, 6.45) is 0. The smallest absolute Gasteiger partial charge is 0.319 e. The van der Waals surface area contributed by atoms with Crippen LogP contribution in [0.5, 0.6) is 0 Å². The molecule has 5 nitrogen and oxygen atoms in total. The third-order valence-corrected chi connectivity index (χ3v) is 6.44. The van der Waals surface area contributed by atoms with E-state index in [9.17, 15) is 4.79 Å². The number of carbonyl (C=O) groups is 1. The Morgan fingerprint density at radius 1 is 0.875 bits per heavy atom. The number of hydrogen-bond donors (Lipinski definition) is 3. The van der Waals surface area contributed by atoms with Gasteiger partial charge >= 0.3 is 6.03 Å². The van der Waals surface area contributed by atoms with Crippen LogP contribution in [0.1, 0.15) is 23.5 Å². The van der Waals surface area contributed by atoms with Crippen molar-refractivity contribution in [2.75, 3.05) is 5.73 Å². The maximum absolute atomic E-state index is 12.3. The number of nitrogens with two attached hydrogens (primary N) is 1. The Labute approximate surface area is 190 Å². The average molecular weight is 439 g/mol. The molecule has 1 aliphatic rings. The van der Waals surface area contributed by atoms with Crippen LogP contribution < -0.4 is 16.4 Å². The van der Waals surface area contributed by atoms with Gasteiger partial charge in [-0.1, -0.05) is 66.7 Å². The third-order valence-electron chi connectivity index (χ3n) is 5.56. The minimum Gasteiger partial charge on any atom is -0.399 e. The highest BCUT2D eigenvalue weighted by molar-refractivity contribution is 7.11. The summed E-state index contributed by atoms with van der Waals surface area (Å²) in [4.78, 5) is 17.2. The highest BCUT2D eigenvalue weighted by Gasteiger charge is 2.29. The molecule has 0 bridgehead atoms. The zero-order chi connectivity index (χ0) is 22.1. The molecule has 32 heavy (non-hydrogen) atoms. The first kappa shape index (κ1) is 20.0. The first-order valence-electron chi connectivity index (χ1n) is 10.3. The van der Waals surface area contributed by atoms with Gasteiger partial charge in [0, 0.05) is 27.9 Å². The number of amides is 2. The van der Waals surface area contributed by atoms with E-state index >= 15 is 0 Å². The summed E-state index contributed by atoms with van der Waals surface area (Å²) >= 11 is 1.57. The van der Waals surface area contributed by atoms with Crippen molar-refractivity contribution < 1.29 is 4.79 Å². The number of nitrogens with zero attached hydrogens (tertiary/aromatic N) is 1. The number of nitrogen functional groups attached to an aromatic ring is 1. The lowest BCUT2D eigenvalue weighted by molar-refractivity contribution is 0.240. The number of urea groups is 1. The monoisotopic (exact) mass is 438 g/mol. The van der Waals surface area contributed by atoms with E-state index in [-0.39, 0.29) is 12.1 Å². The van der Waals surface area contributed by atoms with Crippen LogP contribution in [0.2, 0.25) is 0 Å². The number of aromatic nitrogens is 1. The fourth-order valence-corrected chi connectivity index (χ4v) is 4.87. The van der Waals surface area contributed by atoms with E-state index in [1.807, 2.05) is 54.8 Å². The van der Waals surface area contributed by atoms with E-state index in [1.54, 1.807) is 11.3 Å². The van der Waals surface area contributed by atoms with Crippen LogP contribution in [0, 0.1) is 0 Å². The van der Waals surface area contributed by atoms with Crippen molar-refractivity contribution in [3.63, 3.8) is 0 Å². The second-order valence-corrected chi connectivity index (χ2v) is 8.58. The molecular weight excluding hydrogens is 416 g/mol. The van der Waals surface area contributed by atoms with Crippen LogP contribution in [0.4, 0.5) is 10.5 Å².